The molecule has 7 nitrogen and oxygen atoms in total. The Labute approximate surface area is 173 Å². The number of hydrogen-bond donors (Lipinski definition) is 0. The van der Waals surface area contributed by atoms with Crippen LogP contribution in [-0.2, 0) is 29.1 Å². The fraction of sp³-hybridized carbons (Fsp3) is 0.941. The van der Waals surface area contributed by atoms with Crippen LogP contribution in [0.3, 0.4) is 0 Å². The maximum atomic E-state index is 13.8. The lowest BCUT2D eigenvalue weighted by Gasteiger charge is -2.62. The standard InChI is InChI=1S/C17H20F6O7S/c18-14(19)6-29-17(30-7-15(14,20)21)10-1-9-2-11(17)5-13(3-9,4-10)12(24)28-8-16(22,23)31(25,26)27/h9-11H,1-8H2,(H,25,26,27)/p-1. The predicted octanol–water partition coefficient (Wildman–Crippen LogP) is 2.51. The summed E-state index contributed by atoms with van der Waals surface area (Å²) in [6.07, 6.45) is 0.690. The molecule has 2 unspecified atom stereocenters. The van der Waals surface area contributed by atoms with Gasteiger partial charge in [0, 0.05) is 11.8 Å². The number of esters is 1. The predicted molar refractivity (Wildman–Crippen MR) is 86.1 cm³/mol. The highest BCUT2D eigenvalue weighted by Gasteiger charge is 2.70. The summed E-state index contributed by atoms with van der Waals surface area (Å²) in [6.45, 7) is -5.08. The number of halogens is 6. The van der Waals surface area contributed by atoms with Crippen molar-refractivity contribution < 1.29 is 58.3 Å². The molecule has 5 fully saturated rings. The fourth-order valence-corrected chi connectivity index (χ4v) is 5.89. The Balaban J connectivity index is 1.54. The third-order valence-electron chi connectivity index (χ3n) is 6.99. The Kier molecular flexibility index (Phi) is 4.98. The first-order valence-corrected chi connectivity index (χ1v) is 11.0. The highest BCUT2D eigenvalue weighted by molar-refractivity contribution is 7.86. The van der Waals surface area contributed by atoms with E-state index in [0.717, 1.165) is 0 Å². The minimum atomic E-state index is -6.05. The van der Waals surface area contributed by atoms with Crippen molar-refractivity contribution in [1.82, 2.24) is 0 Å². The summed E-state index contributed by atoms with van der Waals surface area (Å²) >= 11 is 0. The number of ether oxygens (including phenoxy) is 3. The van der Waals surface area contributed by atoms with E-state index in [4.69, 9.17) is 9.47 Å². The molecule has 1 spiro atoms. The second-order valence-electron chi connectivity index (χ2n) is 9.00. The van der Waals surface area contributed by atoms with Crippen molar-refractivity contribution in [2.24, 2.45) is 23.2 Å². The van der Waals surface area contributed by atoms with Crippen LogP contribution in [0.4, 0.5) is 26.3 Å². The van der Waals surface area contributed by atoms with Crippen molar-refractivity contribution in [3.8, 4) is 0 Å². The monoisotopic (exact) mass is 481 g/mol. The van der Waals surface area contributed by atoms with Gasteiger partial charge in [-0.25, -0.2) is 8.42 Å². The van der Waals surface area contributed by atoms with E-state index >= 15 is 0 Å². The van der Waals surface area contributed by atoms with Crippen LogP contribution in [0.2, 0.25) is 0 Å². The van der Waals surface area contributed by atoms with Crippen LogP contribution < -0.4 is 0 Å². The van der Waals surface area contributed by atoms with Crippen molar-refractivity contribution in [3.05, 3.63) is 0 Å². The van der Waals surface area contributed by atoms with E-state index in [-0.39, 0.29) is 25.2 Å². The molecule has 0 N–H and O–H groups in total. The van der Waals surface area contributed by atoms with Gasteiger partial charge in [0.15, 0.2) is 22.5 Å². The molecule has 5 aliphatic rings. The number of carbonyl (C=O) groups is 1. The Morgan fingerprint density at radius 1 is 1.00 bits per heavy atom. The summed E-state index contributed by atoms with van der Waals surface area (Å²) in [6, 6.07) is 0. The van der Waals surface area contributed by atoms with Gasteiger partial charge in [-0.3, -0.25) is 4.79 Å². The van der Waals surface area contributed by atoms with Crippen LogP contribution in [0.1, 0.15) is 32.1 Å². The largest absolute Gasteiger partial charge is 0.743 e. The van der Waals surface area contributed by atoms with Crippen LogP contribution in [0.15, 0.2) is 0 Å². The molecule has 5 rings (SSSR count). The maximum absolute atomic E-state index is 13.8. The van der Waals surface area contributed by atoms with Crippen molar-refractivity contribution in [2.45, 2.75) is 55.0 Å². The Morgan fingerprint density at radius 2 is 1.48 bits per heavy atom. The van der Waals surface area contributed by atoms with Gasteiger partial charge in [-0.1, -0.05) is 0 Å². The summed E-state index contributed by atoms with van der Waals surface area (Å²) < 4.78 is 129. The van der Waals surface area contributed by atoms with Crippen molar-refractivity contribution in [2.75, 3.05) is 19.8 Å². The third kappa shape index (κ3) is 3.44. The van der Waals surface area contributed by atoms with Crippen molar-refractivity contribution in [3.63, 3.8) is 0 Å². The van der Waals surface area contributed by atoms with Crippen LogP contribution in [0.25, 0.3) is 0 Å². The van der Waals surface area contributed by atoms with Crippen LogP contribution in [-0.4, -0.2) is 61.6 Å². The summed E-state index contributed by atoms with van der Waals surface area (Å²) in [5, 5.41) is -4.81. The highest BCUT2D eigenvalue weighted by Crippen LogP contribution is 2.66. The van der Waals surface area contributed by atoms with E-state index in [1.54, 1.807) is 0 Å². The van der Waals surface area contributed by atoms with Crippen LogP contribution >= 0.6 is 0 Å². The first kappa shape index (κ1) is 23.1. The second kappa shape index (κ2) is 6.70. The van der Waals surface area contributed by atoms with Gasteiger partial charge in [0.1, 0.15) is 13.2 Å². The molecule has 0 aromatic rings. The zero-order valence-electron chi connectivity index (χ0n) is 15.9. The van der Waals surface area contributed by atoms with E-state index < -0.39 is 76.0 Å². The molecule has 0 radical (unpaired) electrons. The summed E-state index contributed by atoms with van der Waals surface area (Å²) in [5.74, 6) is -13.4. The molecule has 0 aromatic heterocycles. The minimum absolute atomic E-state index is 0.105. The molecule has 4 saturated carbocycles. The molecule has 4 bridgehead atoms. The molecule has 1 heterocycles. The Bertz CT molecular complexity index is 840. The Morgan fingerprint density at radius 3 is 1.94 bits per heavy atom. The lowest BCUT2D eigenvalue weighted by molar-refractivity contribution is -0.346. The van der Waals surface area contributed by atoms with E-state index in [2.05, 4.69) is 4.74 Å². The molecular weight excluding hydrogens is 462 g/mol. The molecule has 2 atom stereocenters. The van der Waals surface area contributed by atoms with Crippen LogP contribution in [0.5, 0.6) is 0 Å². The first-order valence-electron chi connectivity index (χ1n) is 9.58. The van der Waals surface area contributed by atoms with Crippen molar-refractivity contribution >= 4 is 16.1 Å². The summed E-state index contributed by atoms with van der Waals surface area (Å²) in [5.41, 5.74) is -1.34. The molecule has 1 aliphatic heterocycles. The molecule has 4 aliphatic carbocycles. The smallest absolute Gasteiger partial charge is 0.367 e. The van der Waals surface area contributed by atoms with E-state index in [0.29, 0.717) is 12.8 Å². The van der Waals surface area contributed by atoms with Gasteiger partial charge < -0.3 is 18.8 Å². The van der Waals surface area contributed by atoms with Gasteiger partial charge in [0.2, 0.25) is 0 Å². The van der Waals surface area contributed by atoms with Gasteiger partial charge in [0.25, 0.3) is 0 Å². The van der Waals surface area contributed by atoms with Gasteiger partial charge in [0.05, 0.1) is 5.41 Å². The quantitative estimate of drug-likeness (QED) is 0.346. The Hall–Kier alpha value is -1.12. The maximum Gasteiger partial charge on any atom is 0.367 e. The van der Waals surface area contributed by atoms with E-state index in [9.17, 15) is 44.1 Å². The molecule has 14 heteroatoms. The number of carbonyl (C=O) groups excluding carboxylic acids is 1. The normalized spacial score (nSPS) is 38.1. The fourth-order valence-electron chi connectivity index (χ4n) is 5.68. The number of rotatable bonds is 4. The average molecular weight is 481 g/mol. The lowest BCUT2D eigenvalue weighted by Crippen LogP contribution is -2.65. The molecule has 178 valence electrons. The zero-order chi connectivity index (χ0) is 23.1. The molecular formula is C17H19F6O7S-. The average Bonchev–Trinajstić information content (AvgIpc) is 2.72. The third-order valence-corrected chi connectivity index (χ3v) is 7.84. The van der Waals surface area contributed by atoms with Gasteiger partial charge in [-0.2, -0.15) is 26.3 Å². The van der Waals surface area contributed by atoms with E-state index in [1.807, 2.05) is 0 Å². The highest BCUT2D eigenvalue weighted by atomic mass is 32.2. The summed E-state index contributed by atoms with van der Waals surface area (Å²) in [7, 11) is -6.05. The zero-order valence-corrected chi connectivity index (χ0v) is 16.7. The van der Waals surface area contributed by atoms with Gasteiger partial charge in [-0.05, 0) is 38.0 Å². The minimum Gasteiger partial charge on any atom is -0.743 e. The topological polar surface area (TPSA) is 102 Å². The summed E-state index contributed by atoms with van der Waals surface area (Å²) in [4.78, 5) is 12.6. The van der Waals surface area contributed by atoms with E-state index in [1.165, 1.54) is 0 Å². The van der Waals surface area contributed by atoms with Crippen molar-refractivity contribution in [1.29, 1.82) is 0 Å². The van der Waals surface area contributed by atoms with Gasteiger partial charge >= 0.3 is 23.1 Å². The molecule has 31 heavy (non-hydrogen) atoms. The first-order chi connectivity index (χ1) is 14.0. The second-order valence-corrected chi connectivity index (χ2v) is 10.5. The van der Waals surface area contributed by atoms with Crippen LogP contribution in [0, 0.1) is 23.2 Å². The molecule has 0 amide bonds. The number of alkyl halides is 6. The number of hydrogen-bond acceptors (Lipinski definition) is 7. The van der Waals surface area contributed by atoms with Gasteiger partial charge in [-0.15, -0.1) is 0 Å². The lowest BCUT2D eigenvalue weighted by atomic mass is 9.47. The molecule has 1 saturated heterocycles. The SMILES string of the molecule is O=C(OCC(F)(F)S(=O)(=O)[O-])C12CC3CC(C1)C1(OCC(F)(F)C(F)(F)CO1)C(C3)C2. The molecule has 0 aromatic carbocycles.